The molecule has 108 valence electrons. The molecule has 0 saturated carbocycles. The summed E-state index contributed by atoms with van der Waals surface area (Å²) in [6.07, 6.45) is 0. The molecule has 0 aliphatic carbocycles. The summed E-state index contributed by atoms with van der Waals surface area (Å²) in [7, 11) is 1.68. The second-order valence-electron chi connectivity index (χ2n) is 5.45. The topological polar surface area (TPSA) is 18.5 Å². The van der Waals surface area contributed by atoms with Crippen LogP contribution in [0.15, 0.2) is 61.2 Å². The first kappa shape index (κ1) is 13.0. The highest BCUT2D eigenvalue weighted by molar-refractivity contribution is 6.00. The fourth-order valence-corrected chi connectivity index (χ4v) is 3.08. The van der Waals surface area contributed by atoms with E-state index in [1.807, 2.05) is 24.3 Å². The van der Waals surface area contributed by atoms with Gasteiger partial charge in [-0.3, -0.25) is 0 Å². The molecule has 0 saturated heterocycles. The van der Waals surface area contributed by atoms with Crippen LogP contribution in [-0.4, -0.2) is 7.11 Å². The highest BCUT2D eigenvalue weighted by Gasteiger charge is 2.20. The quantitative estimate of drug-likeness (QED) is 0.640. The third kappa shape index (κ3) is 1.88. The van der Waals surface area contributed by atoms with E-state index in [0.29, 0.717) is 6.61 Å². The van der Waals surface area contributed by atoms with E-state index in [4.69, 9.17) is 9.47 Å². The van der Waals surface area contributed by atoms with Gasteiger partial charge in [0.05, 0.1) is 7.11 Å². The predicted octanol–water partition coefficient (Wildman–Crippen LogP) is 4.80. The van der Waals surface area contributed by atoms with Crippen LogP contribution in [0.25, 0.3) is 16.3 Å². The van der Waals surface area contributed by atoms with Crippen molar-refractivity contribution in [2.75, 3.05) is 7.11 Å². The molecule has 4 rings (SSSR count). The first-order valence-electron chi connectivity index (χ1n) is 7.29. The number of benzene rings is 3. The minimum Gasteiger partial charge on any atom is -0.497 e. The number of hydrogen-bond donors (Lipinski definition) is 0. The van der Waals surface area contributed by atoms with E-state index >= 15 is 0 Å². The van der Waals surface area contributed by atoms with Gasteiger partial charge >= 0.3 is 0 Å². The maximum Gasteiger partial charge on any atom is 0.128 e. The minimum absolute atomic E-state index is 0.525. The molecule has 0 aromatic heterocycles. The van der Waals surface area contributed by atoms with Gasteiger partial charge in [0, 0.05) is 11.1 Å². The normalized spacial score (nSPS) is 13.0. The summed E-state index contributed by atoms with van der Waals surface area (Å²) in [6.45, 7) is 4.87. The maximum atomic E-state index is 6.04. The van der Waals surface area contributed by atoms with Gasteiger partial charge in [0.2, 0.25) is 0 Å². The Morgan fingerprint density at radius 2 is 1.91 bits per heavy atom. The molecule has 0 atom stereocenters. The molecule has 22 heavy (non-hydrogen) atoms. The molecule has 3 aromatic carbocycles. The zero-order valence-corrected chi connectivity index (χ0v) is 12.4. The predicted molar refractivity (Wildman–Crippen MR) is 89.4 cm³/mol. The van der Waals surface area contributed by atoms with Gasteiger partial charge in [0.25, 0.3) is 0 Å². The summed E-state index contributed by atoms with van der Waals surface area (Å²) in [5, 5.41) is 2.37. The van der Waals surface area contributed by atoms with Gasteiger partial charge in [0.15, 0.2) is 0 Å². The second kappa shape index (κ2) is 4.92. The van der Waals surface area contributed by atoms with Crippen molar-refractivity contribution in [2.45, 2.75) is 6.61 Å². The van der Waals surface area contributed by atoms with Crippen molar-refractivity contribution in [1.29, 1.82) is 0 Å². The fraction of sp³-hybridized carbons (Fsp3) is 0.100. The fourth-order valence-electron chi connectivity index (χ4n) is 3.08. The van der Waals surface area contributed by atoms with Crippen molar-refractivity contribution >= 4 is 16.3 Å². The molecule has 0 bridgehead atoms. The van der Waals surface area contributed by atoms with E-state index in [9.17, 15) is 0 Å². The monoisotopic (exact) mass is 288 g/mol. The number of rotatable bonds is 1. The molecule has 0 radical (unpaired) electrons. The average Bonchev–Trinajstić information content (AvgIpc) is 2.71. The van der Waals surface area contributed by atoms with E-state index in [1.165, 1.54) is 10.8 Å². The van der Waals surface area contributed by atoms with Crippen LogP contribution >= 0.6 is 0 Å². The third-order valence-corrected chi connectivity index (χ3v) is 4.21. The molecular formula is C20H16O2. The standard InChI is InChI=1S/C20H16O2/c1-13-17-9-8-16(21-2)11-15(17)12-22-19-10-7-14-5-3-4-6-18(14)20(13)19/h3-11H,1,12H2,2H3. The molecule has 1 heterocycles. The number of hydrogen-bond acceptors (Lipinski definition) is 2. The van der Waals surface area contributed by atoms with Crippen molar-refractivity contribution in [3.63, 3.8) is 0 Å². The van der Waals surface area contributed by atoms with Gasteiger partial charge < -0.3 is 9.47 Å². The first-order valence-corrected chi connectivity index (χ1v) is 7.29. The largest absolute Gasteiger partial charge is 0.497 e. The lowest BCUT2D eigenvalue weighted by Crippen LogP contribution is -1.96. The van der Waals surface area contributed by atoms with Crippen LogP contribution in [0.5, 0.6) is 11.5 Å². The van der Waals surface area contributed by atoms with E-state index in [-0.39, 0.29) is 0 Å². The highest BCUT2D eigenvalue weighted by Crippen LogP contribution is 2.40. The summed E-state index contributed by atoms with van der Waals surface area (Å²) in [5.41, 5.74) is 4.31. The van der Waals surface area contributed by atoms with E-state index in [0.717, 1.165) is 33.8 Å². The summed E-state index contributed by atoms with van der Waals surface area (Å²) in [6, 6.07) is 18.5. The lowest BCUT2D eigenvalue weighted by atomic mass is 9.92. The molecule has 0 N–H and O–H groups in total. The molecule has 1 aliphatic rings. The molecule has 1 aliphatic heterocycles. The van der Waals surface area contributed by atoms with Crippen molar-refractivity contribution in [3.05, 3.63) is 77.9 Å². The third-order valence-electron chi connectivity index (χ3n) is 4.21. The van der Waals surface area contributed by atoms with E-state index in [2.05, 4.69) is 36.9 Å². The van der Waals surface area contributed by atoms with Crippen LogP contribution in [-0.2, 0) is 6.61 Å². The Bertz CT molecular complexity index is 893. The smallest absolute Gasteiger partial charge is 0.128 e. The van der Waals surface area contributed by atoms with Crippen LogP contribution < -0.4 is 9.47 Å². The number of methoxy groups -OCH3 is 1. The highest BCUT2D eigenvalue weighted by atomic mass is 16.5. The first-order chi connectivity index (χ1) is 10.8. The Morgan fingerprint density at radius 1 is 1.05 bits per heavy atom. The Morgan fingerprint density at radius 3 is 2.77 bits per heavy atom. The van der Waals surface area contributed by atoms with Crippen LogP contribution in [0, 0.1) is 0 Å². The van der Waals surface area contributed by atoms with Crippen molar-refractivity contribution in [2.24, 2.45) is 0 Å². The van der Waals surface area contributed by atoms with E-state index in [1.54, 1.807) is 7.11 Å². The lowest BCUT2D eigenvalue weighted by molar-refractivity contribution is 0.306. The van der Waals surface area contributed by atoms with Gasteiger partial charge in [-0.1, -0.05) is 43.0 Å². The number of ether oxygens (including phenoxy) is 2. The molecule has 2 nitrogen and oxygen atoms in total. The summed E-state index contributed by atoms with van der Waals surface area (Å²) < 4.78 is 11.4. The van der Waals surface area contributed by atoms with Gasteiger partial charge in [-0.15, -0.1) is 0 Å². The lowest BCUT2D eigenvalue weighted by Gasteiger charge is -2.12. The van der Waals surface area contributed by atoms with Gasteiger partial charge in [-0.25, -0.2) is 0 Å². The zero-order chi connectivity index (χ0) is 15.1. The summed E-state index contributed by atoms with van der Waals surface area (Å²) >= 11 is 0. The Hall–Kier alpha value is -2.74. The zero-order valence-electron chi connectivity index (χ0n) is 12.4. The summed E-state index contributed by atoms with van der Waals surface area (Å²) in [4.78, 5) is 0. The molecule has 2 heteroatoms. The molecular weight excluding hydrogens is 272 g/mol. The molecule has 0 unspecified atom stereocenters. The average molecular weight is 288 g/mol. The van der Waals surface area contributed by atoms with Crippen molar-refractivity contribution in [1.82, 2.24) is 0 Å². The molecule has 0 fully saturated rings. The van der Waals surface area contributed by atoms with Gasteiger partial charge in [-0.2, -0.15) is 0 Å². The minimum atomic E-state index is 0.525. The van der Waals surface area contributed by atoms with Crippen LogP contribution in [0.3, 0.4) is 0 Å². The van der Waals surface area contributed by atoms with Crippen molar-refractivity contribution < 1.29 is 9.47 Å². The van der Waals surface area contributed by atoms with Crippen LogP contribution in [0.2, 0.25) is 0 Å². The summed E-state index contributed by atoms with van der Waals surface area (Å²) in [5.74, 6) is 1.73. The molecule has 0 spiro atoms. The van der Waals surface area contributed by atoms with E-state index < -0.39 is 0 Å². The maximum absolute atomic E-state index is 6.04. The van der Waals surface area contributed by atoms with Crippen LogP contribution in [0.1, 0.15) is 16.7 Å². The SMILES string of the molecule is C=C1c2ccc(OC)cc2COc2ccc3ccccc3c21. The Balaban J connectivity index is 1.98. The van der Waals surface area contributed by atoms with Crippen LogP contribution in [0.4, 0.5) is 0 Å². The van der Waals surface area contributed by atoms with Crippen molar-refractivity contribution in [3.8, 4) is 11.5 Å². The second-order valence-corrected chi connectivity index (χ2v) is 5.45. The number of fused-ring (bicyclic) bond motifs is 4. The molecule has 0 amide bonds. The molecule has 3 aromatic rings. The van der Waals surface area contributed by atoms with Gasteiger partial charge in [0.1, 0.15) is 18.1 Å². The van der Waals surface area contributed by atoms with Gasteiger partial charge in [-0.05, 0) is 40.1 Å². The Labute approximate surface area is 129 Å². The Kier molecular flexibility index (Phi) is 2.90.